The lowest BCUT2D eigenvalue weighted by Crippen LogP contribution is -1.79. The lowest BCUT2D eigenvalue weighted by atomic mass is 10.8. The van der Waals surface area contributed by atoms with E-state index in [1.165, 1.54) is 11.5 Å². The summed E-state index contributed by atoms with van der Waals surface area (Å²) in [5, 5.41) is 10.7. The van der Waals surface area contributed by atoms with Crippen molar-refractivity contribution in [2.75, 3.05) is 7.05 Å². The molecule has 0 aliphatic heterocycles. The summed E-state index contributed by atoms with van der Waals surface area (Å²) >= 11 is 1.46. The minimum absolute atomic E-state index is 0.500. The lowest BCUT2D eigenvalue weighted by molar-refractivity contribution is -0.445. The van der Waals surface area contributed by atoms with Crippen molar-refractivity contribution in [3.63, 3.8) is 0 Å². The highest BCUT2D eigenvalue weighted by atomic mass is 32.1. The SMILES string of the molecule is CC.CC.C[N+](=O)[O-].c1cnsc1. The smallest absolute Gasteiger partial charge is 0.194 e. The zero-order chi connectivity index (χ0) is 11.1. The molecule has 0 atom stereocenters. The Labute approximate surface area is 83.9 Å². The first-order chi connectivity index (χ1) is 6.23. The Bertz CT molecular complexity index is 134. The van der Waals surface area contributed by atoms with Gasteiger partial charge in [-0.15, -0.1) is 0 Å². The zero-order valence-electron chi connectivity index (χ0n) is 8.85. The maximum absolute atomic E-state index is 8.81. The van der Waals surface area contributed by atoms with Gasteiger partial charge in [0.15, 0.2) is 7.05 Å². The quantitative estimate of drug-likeness (QED) is 0.484. The molecule has 4 nitrogen and oxygen atoms in total. The highest BCUT2D eigenvalue weighted by Gasteiger charge is 1.59. The second kappa shape index (κ2) is 22.5. The van der Waals surface area contributed by atoms with Gasteiger partial charge in [-0.1, -0.05) is 27.7 Å². The van der Waals surface area contributed by atoms with E-state index in [0.717, 1.165) is 7.05 Å². The molecule has 1 aromatic rings. The van der Waals surface area contributed by atoms with Crippen molar-refractivity contribution in [2.24, 2.45) is 0 Å². The van der Waals surface area contributed by atoms with E-state index in [0.29, 0.717) is 0 Å². The topological polar surface area (TPSA) is 56.0 Å². The maximum Gasteiger partial charge on any atom is 0.194 e. The van der Waals surface area contributed by atoms with Crippen molar-refractivity contribution in [3.8, 4) is 0 Å². The summed E-state index contributed by atoms with van der Waals surface area (Å²) in [6.07, 6.45) is 1.77. The third-order valence-corrected chi connectivity index (χ3v) is 0.869. The van der Waals surface area contributed by atoms with Crippen LogP contribution in [0.1, 0.15) is 27.7 Å². The van der Waals surface area contributed by atoms with Crippen LogP contribution in [0, 0.1) is 10.1 Å². The molecule has 0 saturated heterocycles. The van der Waals surface area contributed by atoms with Gasteiger partial charge in [-0.05, 0) is 17.6 Å². The summed E-state index contributed by atoms with van der Waals surface area (Å²) in [6.45, 7) is 8.00. The summed E-state index contributed by atoms with van der Waals surface area (Å²) in [4.78, 5) is 8.31. The molecule has 0 saturated carbocycles. The molecule has 0 N–H and O–H groups in total. The molecule has 78 valence electrons. The minimum Gasteiger partial charge on any atom is -0.265 e. The average Bonchev–Trinajstić information content (AvgIpc) is 2.67. The van der Waals surface area contributed by atoms with E-state index in [1.54, 1.807) is 6.20 Å². The van der Waals surface area contributed by atoms with E-state index in [4.69, 9.17) is 10.1 Å². The molecule has 0 radical (unpaired) electrons. The molecule has 0 fully saturated rings. The molecule has 1 rings (SSSR count). The first kappa shape index (κ1) is 17.9. The molecule has 0 amide bonds. The number of hydrogen-bond donors (Lipinski definition) is 0. The molecule has 0 spiro atoms. The van der Waals surface area contributed by atoms with Gasteiger partial charge in [0.05, 0.1) is 0 Å². The van der Waals surface area contributed by atoms with Gasteiger partial charge in [0, 0.05) is 16.5 Å². The van der Waals surface area contributed by atoms with Crippen molar-refractivity contribution < 1.29 is 4.92 Å². The molecular weight excluding hydrogens is 188 g/mol. The van der Waals surface area contributed by atoms with Crippen LogP contribution in [0.3, 0.4) is 0 Å². The van der Waals surface area contributed by atoms with Gasteiger partial charge in [-0.2, -0.15) is 0 Å². The van der Waals surface area contributed by atoms with Crippen molar-refractivity contribution >= 4 is 11.5 Å². The number of aromatic nitrogens is 1. The third-order valence-electron chi connectivity index (χ3n) is 0.347. The molecular formula is C8H18N2O2S. The van der Waals surface area contributed by atoms with E-state index in [2.05, 4.69) is 4.37 Å². The second-order valence-corrected chi connectivity index (χ2v) is 1.82. The van der Waals surface area contributed by atoms with Crippen molar-refractivity contribution in [1.82, 2.24) is 4.37 Å². The molecule has 0 unspecified atom stereocenters. The van der Waals surface area contributed by atoms with Crippen LogP contribution in [0.15, 0.2) is 17.6 Å². The average molecular weight is 206 g/mol. The molecule has 0 aliphatic rings. The number of nitrogens with zero attached hydrogens (tertiary/aromatic N) is 2. The first-order valence-electron chi connectivity index (χ1n) is 4.16. The van der Waals surface area contributed by atoms with Crippen LogP contribution >= 0.6 is 11.5 Å². The van der Waals surface area contributed by atoms with Crippen LogP contribution in [-0.2, 0) is 0 Å². The second-order valence-electron chi connectivity index (χ2n) is 1.13. The van der Waals surface area contributed by atoms with Gasteiger partial charge in [-0.25, -0.2) is 4.37 Å². The van der Waals surface area contributed by atoms with E-state index < -0.39 is 4.92 Å². The van der Waals surface area contributed by atoms with E-state index in [9.17, 15) is 0 Å². The Morgan fingerprint density at radius 1 is 1.31 bits per heavy atom. The molecule has 13 heavy (non-hydrogen) atoms. The Morgan fingerprint density at radius 2 is 1.69 bits per heavy atom. The summed E-state index contributed by atoms with van der Waals surface area (Å²) < 4.78 is 3.76. The molecule has 1 aromatic heterocycles. The van der Waals surface area contributed by atoms with E-state index in [-0.39, 0.29) is 0 Å². The van der Waals surface area contributed by atoms with Crippen LogP contribution in [0.25, 0.3) is 0 Å². The Balaban J connectivity index is -0.000000114. The zero-order valence-corrected chi connectivity index (χ0v) is 9.67. The Hall–Kier alpha value is -0.970. The fourth-order valence-corrected chi connectivity index (χ4v) is 0.527. The lowest BCUT2D eigenvalue weighted by Gasteiger charge is -1.63. The van der Waals surface area contributed by atoms with Gasteiger partial charge in [0.2, 0.25) is 0 Å². The molecule has 0 aromatic carbocycles. The predicted molar refractivity (Wildman–Crippen MR) is 57.7 cm³/mol. The summed E-state index contributed by atoms with van der Waals surface area (Å²) in [6, 6.07) is 1.91. The van der Waals surface area contributed by atoms with Crippen LogP contribution < -0.4 is 0 Å². The molecule has 0 aliphatic carbocycles. The number of rotatable bonds is 0. The normalized spacial score (nSPS) is 5.92. The highest BCUT2D eigenvalue weighted by Crippen LogP contribution is 1.83. The monoisotopic (exact) mass is 206 g/mol. The largest absolute Gasteiger partial charge is 0.265 e. The molecule has 1 heterocycles. The standard InChI is InChI=1S/C3H3NS.2C2H6.CH3NO2/c1-2-4-5-3-1;2*1-2;1-2(3)4/h1-3H;2*1-2H3;1H3. The predicted octanol–water partition coefficient (Wildman–Crippen LogP) is 3.09. The number of hydrogen-bond acceptors (Lipinski definition) is 4. The van der Waals surface area contributed by atoms with E-state index >= 15 is 0 Å². The summed E-state index contributed by atoms with van der Waals surface area (Å²) in [5.74, 6) is 0. The van der Waals surface area contributed by atoms with Crippen LogP contribution in [0.2, 0.25) is 0 Å². The van der Waals surface area contributed by atoms with Crippen LogP contribution in [0.5, 0.6) is 0 Å². The van der Waals surface area contributed by atoms with E-state index in [1.807, 2.05) is 39.1 Å². The summed E-state index contributed by atoms with van der Waals surface area (Å²) in [7, 11) is 0.889. The highest BCUT2D eigenvalue weighted by molar-refractivity contribution is 7.03. The van der Waals surface area contributed by atoms with Gasteiger partial charge in [0.1, 0.15) is 0 Å². The van der Waals surface area contributed by atoms with Gasteiger partial charge >= 0.3 is 0 Å². The van der Waals surface area contributed by atoms with Gasteiger partial charge in [-0.3, -0.25) is 10.1 Å². The molecule has 0 bridgehead atoms. The molecule has 5 heteroatoms. The van der Waals surface area contributed by atoms with Crippen molar-refractivity contribution in [3.05, 3.63) is 27.8 Å². The Kier molecular flexibility index (Phi) is 31.0. The summed E-state index contributed by atoms with van der Waals surface area (Å²) in [5.41, 5.74) is 0. The van der Waals surface area contributed by atoms with Crippen LogP contribution in [-0.4, -0.2) is 16.3 Å². The fraction of sp³-hybridized carbons (Fsp3) is 0.625. The number of nitro groups is 1. The van der Waals surface area contributed by atoms with Crippen LogP contribution in [0.4, 0.5) is 0 Å². The van der Waals surface area contributed by atoms with Gasteiger partial charge in [0.25, 0.3) is 0 Å². The first-order valence-corrected chi connectivity index (χ1v) is 4.99. The fourth-order valence-electron chi connectivity index (χ4n) is 0.176. The van der Waals surface area contributed by atoms with Gasteiger partial charge < -0.3 is 0 Å². The van der Waals surface area contributed by atoms with Crippen molar-refractivity contribution in [1.29, 1.82) is 0 Å². The van der Waals surface area contributed by atoms with Crippen molar-refractivity contribution in [2.45, 2.75) is 27.7 Å². The maximum atomic E-state index is 8.81. The Morgan fingerprint density at radius 3 is 1.77 bits per heavy atom. The minimum atomic E-state index is -0.500. The third kappa shape index (κ3) is 55.4.